The van der Waals surface area contributed by atoms with Gasteiger partial charge in [-0.3, -0.25) is 9.36 Å². The van der Waals surface area contributed by atoms with E-state index in [1.54, 1.807) is 0 Å². The fraction of sp³-hybridized carbons (Fsp3) is 0.538. The molecule has 2 aromatic rings. The van der Waals surface area contributed by atoms with Gasteiger partial charge in [-0.2, -0.15) is 10.2 Å². The Bertz CT molecular complexity index is 523. The predicted octanol–water partition coefficient (Wildman–Crippen LogP) is 1.27. The summed E-state index contributed by atoms with van der Waals surface area (Å²) in [6.45, 7) is 8.58. The van der Waals surface area contributed by atoms with Crippen LogP contribution in [0.4, 0.5) is 0 Å². The van der Waals surface area contributed by atoms with Gasteiger partial charge in [0.2, 0.25) is 0 Å². The Balaban J connectivity index is 2.21. The minimum Gasteiger partial charge on any atom is -0.330 e. The van der Waals surface area contributed by atoms with E-state index in [0.717, 1.165) is 25.2 Å². The van der Waals surface area contributed by atoms with Crippen LogP contribution in [0.2, 0.25) is 0 Å². The molecule has 0 amide bonds. The number of nitrogens with two attached hydrogens (primary N) is 1. The predicted molar refractivity (Wildman–Crippen MR) is 71.5 cm³/mol. The lowest BCUT2D eigenvalue weighted by atomic mass is 10.1. The lowest BCUT2D eigenvalue weighted by Gasteiger charge is -2.03. The average molecular weight is 247 g/mol. The van der Waals surface area contributed by atoms with E-state index in [4.69, 9.17) is 5.73 Å². The number of rotatable bonds is 5. The first-order valence-corrected chi connectivity index (χ1v) is 6.40. The largest absolute Gasteiger partial charge is 0.330 e. The van der Waals surface area contributed by atoms with Gasteiger partial charge >= 0.3 is 0 Å². The molecule has 98 valence electrons. The normalized spacial score (nSPS) is 11.1. The van der Waals surface area contributed by atoms with Gasteiger partial charge in [-0.1, -0.05) is 0 Å². The Labute approximate surface area is 108 Å². The summed E-state index contributed by atoms with van der Waals surface area (Å²) < 4.78 is 3.97. The minimum atomic E-state index is 0.668. The standard InChI is InChI=1S/C13H21N5/c1-4-17-8-12(7-15-17)9-18-11(3)13(5-6-14)10(2)16-18/h7-8H,4-6,9,14H2,1-3H3. The molecule has 0 saturated carbocycles. The molecule has 0 bridgehead atoms. The lowest BCUT2D eigenvalue weighted by Crippen LogP contribution is -2.06. The van der Waals surface area contributed by atoms with E-state index in [0.29, 0.717) is 6.54 Å². The quantitative estimate of drug-likeness (QED) is 0.865. The molecular weight excluding hydrogens is 226 g/mol. The Kier molecular flexibility index (Phi) is 3.81. The highest BCUT2D eigenvalue weighted by Gasteiger charge is 2.11. The summed E-state index contributed by atoms with van der Waals surface area (Å²) in [5.41, 5.74) is 10.4. The number of hydrogen-bond donors (Lipinski definition) is 1. The summed E-state index contributed by atoms with van der Waals surface area (Å²) in [7, 11) is 0. The fourth-order valence-corrected chi connectivity index (χ4v) is 2.23. The molecule has 0 saturated heterocycles. The summed E-state index contributed by atoms with van der Waals surface area (Å²) in [6.07, 6.45) is 4.87. The number of hydrogen-bond acceptors (Lipinski definition) is 3. The zero-order chi connectivity index (χ0) is 13.1. The van der Waals surface area contributed by atoms with Gasteiger partial charge in [0.1, 0.15) is 0 Å². The third-order valence-corrected chi connectivity index (χ3v) is 3.27. The van der Waals surface area contributed by atoms with Crippen molar-refractivity contribution in [3.63, 3.8) is 0 Å². The van der Waals surface area contributed by atoms with Crippen molar-refractivity contribution in [2.24, 2.45) is 5.73 Å². The first-order chi connectivity index (χ1) is 8.65. The first kappa shape index (κ1) is 12.8. The topological polar surface area (TPSA) is 61.7 Å². The third kappa shape index (κ3) is 2.46. The SMILES string of the molecule is CCn1cc(Cn2nc(C)c(CCN)c2C)cn1. The second-order valence-electron chi connectivity index (χ2n) is 4.55. The van der Waals surface area contributed by atoms with Crippen molar-refractivity contribution < 1.29 is 0 Å². The average Bonchev–Trinajstić information content (AvgIpc) is 2.90. The van der Waals surface area contributed by atoms with Gasteiger partial charge in [0, 0.05) is 24.0 Å². The maximum atomic E-state index is 5.63. The van der Waals surface area contributed by atoms with E-state index in [2.05, 4.69) is 30.2 Å². The molecule has 0 aliphatic carbocycles. The van der Waals surface area contributed by atoms with Crippen molar-refractivity contribution in [1.29, 1.82) is 0 Å². The number of aromatic nitrogens is 4. The highest BCUT2D eigenvalue weighted by Crippen LogP contribution is 2.14. The monoisotopic (exact) mass is 247 g/mol. The van der Waals surface area contributed by atoms with E-state index in [-0.39, 0.29) is 0 Å². The van der Waals surface area contributed by atoms with Crippen LogP contribution in [0.5, 0.6) is 0 Å². The van der Waals surface area contributed by atoms with Gasteiger partial charge in [-0.15, -0.1) is 0 Å². The van der Waals surface area contributed by atoms with E-state index in [1.165, 1.54) is 16.8 Å². The molecule has 5 nitrogen and oxygen atoms in total. The van der Waals surface area contributed by atoms with Gasteiger partial charge in [0.15, 0.2) is 0 Å². The van der Waals surface area contributed by atoms with Crippen LogP contribution in [0.3, 0.4) is 0 Å². The minimum absolute atomic E-state index is 0.668. The molecule has 0 aromatic carbocycles. The Morgan fingerprint density at radius 2 is 2.11 bits per heavy atom. The van der Waals surface area contributed by atoms with Gasteiger partial charge in [0.05, 0.1) is 18.4 Å². The maximum Gasteiger partial charge on any atom is 0.0693 e. The molecule has 2 N–H and O–H groups in total. The van der Waals surface area contributed by atoms with Gasteiger partial charge in [0.25, 0.3) is 0 Å². The molecule has 2 heterocycles. The van der Waals surface area contributed by atoms with Crippen LogP contribution in [0.15, 0.2) is 12.4 Å². The summed E-state index contributed by atoms with van der Waals surface area (Å²) in [5, 5.41) is 8.86. The third-order valence-electron chi connectivity index (χ3n) is 3.27. The van der Waals surface area contributed by atoms with Crippen LogP contribution in [-0.2, 0) is 19.5 Å². The van der Waals surface area contributed by atoms with Crippen molar-refractivity contribution >= 4 is 0 Å². The molecule has 0 unspecified atom stereocenters. The number of aryl methyl sites for hydroxylation is 2. The molecule has 5 heteroatoms. The van der Waals surface area contributed by atoms with Crippen molar-refractivity contribution in [3.8, 4) is 0 Å². The summed E-state index contributed by atoms with van der Waals surface area (Å²) in [6, 6.07) is 0. The molecule has 2 aromatic heterocycles. The highest BCUT2D eigenvalue weighted by atomic mass is 15.3. The van der Waals surface area contributed by atoms with Crippen molar-refractivity contribution in [2.75, 3.05) is 6.54 Å². The van der Waals surface area contributed by atoms with Gasteiger partial charge in [-0.25, -0.2) is 0 Å². The first-order valence-electron chi connectivity index (χ1n) is 6.40. The molecule has 2 rings (SSSR count). The van der Waals surface area contributed by atoms with Crippen molar-refractivity contribution in [2.45, 2.75) is 40.3 Å². The Morgan fingerprint density at radius 3 is 2.72 bits per heavy atom. The molecule has 0 atom stereocenters. The molecule has 0 spiro atoms. The highest BCUT2D eigenvalue weighted by molar-refractivity contribution is 5.25. The molecule has 18 heavy (non-hydrogen) atoms. The lowest BCUT2D eigenvalue weighted by molar-refractivity contribution is 0.646. The molecule has 0 aliphatic heterocycles. The molecule has 0 radical (unpaired) electrons. The summed E-state index contributed by atoms with van der Waals surface area (Å²) in [5.74, 6) is 0. The fourth-order valence-electron chi connectivity index (χ4n) is 2.23. The van der Waals surface area contributed by atoms with Crippen molar-refractivity contribution in [3.05, 3.63) is 34.9 Å². The maximum absolute atomic E-state index is 5.63. The summed E-state index contributed by atoms with van der Waals surface area (Å²) in [4.78, 5) is 0. The Hall–Kier alpha value is -1.62. The van der Waals surface area contributed by atoms with E-state index >= 15 is 0 Å². The van der Waals surface area contributed by atoms with Gasteiger partial charge < -0.3 is 5.73 Å². The van der Waals surface area contributed by atoms with E-state index in [1.807, 2.05) is 22.5 Å². The van der Waals surface area contributed by atoms with Crippen LogP contribution in [0.1, 0.15) is 29.4 Å². The molecule has 0 fully saturated rings. The van der Waals surface area contributed by atoms with E-state index in [9.17, 15) is 0 Å². The van der Waals surface area contributed by atoms with Crippen LogP contribution in [-0.4, -0.2) is 26.1 Å². The zero-order valence-electron chi connectivity index (χ0n) is 11.3. The van der Waals surface area contributed by atoms with Crippen LogP contribution in [0, 0.1) is 13.8 Å². The molecule has 0 aliphatic rings. The summed E-state index contributed by atoms with van der Waals surface area (Å²) >= 11 is 0. The van der Waals surface area contributed by atoms with Crippen LogP contribution < -0.4 is 5.73 Å². The van der Waals surface area contributed by atoms with Crippen LogP contribution >= 0.6 is 0 Å². The van der Waals surface area contributed by atoms with Gasteiger partial charge in [-0.05, 0) is 39.3 Å². The smallest absolute Gasteiger partial charge is 0.0693 e. The van der Waals surface area contributed by atoms with Crippen LogP contribution in [0.25, 0.3) is 0 Å². The molecular formula is C13H21N5. The second-order valence-corrected chi connectivity index (χ2v) is 4.55. The second kappa shape index (κ2) is 5.35. The van der Waals surface area contributed by atoms with Crippen molar-refractivity contribution in [1.82, 2.24) is 19.6 Å². The number of nitrogens with zero attached hydrogens (tertiary/aromatic N) is 4. The Morgan fingerprint density at radius 1 is 1.33 bits per heavy atom. The zero-order valence-corrected chi connectivity index (χ0v) is 11.3. The van der Waals surface area contributed by atoms with E-state index < -0.39 is 0 Å².